The van der Waals surface area contributed by atoms with E-state index in [-0.39, 0.29) is 5.91 Å². The second-order valence-electron chi connectivity index (χ2n) is 3.44. The maximum atomic E-state index is 12.0. The summed E-state index contributed by atoms with van der Waals surface area (Å²) in [5, 5.41) is 3.07. The van der Waals surface area contributed by atoms with Gasteiger partial charge in [0.05, 0.1) is 10.6 Å². The Morgan fingerprint density at radius 2 is 1.89 bits per heavy atom. The molecule has 0 spiro atoms. The van der Waals surface area contributed by atoms with Crippen LogP contribution >= 0.6 is 43.5 Å². The van der Waals surface area contributed by atoms with Crippen molar-refractivity contribution in [3.63, 3.8) is 0 Å². The first-order valence-corrected chi connectivity index (χ1v) is 6.90. The molecule has 0 bridgehead atoms. The molecular formula is C12H7Br2ClN2O. The number of pyridine rings is 1. The highest BCUT2D eigenvalue weighted by atomic mass is 79.9. The molecule has 0 atom stereocenters. The predicted molar refractivity (Wildman–Crippen MR) is 79.0 cm³/mol. The van der Waals surface area contributed by atoms with Gasteiger partial charge in [-0.15, -0.1) is 0 Å². The zero-order valence-corrected chi connectivity index (χ0v) is 12.9. The minimum Gasteiger partial charge on any atom is -0.306 e. The molecule has 18 heavy (non-hydrogen) atoms. The third-order valence-electron chi connectivity index (χ3n) is 2.14. The number of nitrogens with one attached hydrogen (secondary N) is 1. The van der Waals surface area contributed by atoms with Gasteiger partial charge in [0.1, 0.15) is 5.82 Å². The predicted octanol–water partition coefficient (Wildman–Crippen LogP) is 4.51. The summed E-state index contributed by atoms with van der Waals surface area (Å²) in [6.45, 7) is 0. The lowest BCUT2D eigenvalue weighted by atomic mass is 10.2. The number of hydrogen-bond donors (Lipinski definition) is 1. The van der Waals surface area contributed by atoms with Crippen molar-refractivity contribution in [3.05, 3.63) is 56.1 Å². The van der Waals surface area contributed by atoms with Gasteiger partial charge in [-0.2, -0.15) is 0 Å². The minimum absolute atomic E-state index is 0.293. The van der Waals surface area contributed by atoms with E-state index in [9.17, 15) is 4.79 Å². The van der Waals surface area contributed by atoms with Crippen LogP contribution in [-0.4, -0.2) is 10.9 Å². The maximum Gasteiger partial charge on any atom is 0.258 e. The van der Waals surface area contributed by atoms with Crippen LogP contribution in [0.3, 0.4) is 0 Å². The Balaban J connectivity index is 2.22. The van der Waals surface area contributed by atoms with Gasteiger partial charge in [-0.3, -0.25) is 4.79 Å². The topological polar surface area (TPSA) is 42.0 Å². The van der Waals surface area contributed by atoms with E-state index in [0.29, 0.717) is 16.4 Å². The summed E-state index contributed by atoms with van der Waals surface area (Å²) in [5.41, 5.74) is 0.404. The van der Waals surface area contributed by atoms with Crippen molar-refractivity contribution < 1.29 is 4.79 Å². The molecule has 0 unspecified atom stereocenters. The van der Waals surface area contributed by atoms with Gasteiger partial charge in [-0.25, -0.2) is 4.98 Å². The fourth-order valence-electron chi connectivity index (χ4n) is 1.33. The van der Waals surface area contributed by atoms with Crippen LogP contribution in [0.4, 0.5) is 5.82 Å². The zero-order chi connectivity index (χ0) is 13.1. The van der Waals surface area contributed by atoms with Crippen LogP contribution in [0.2, 0.25) is 5.02 Å². The Morgan fingerprint density at radius 3 is 2.56 bits per heavy atom. The number of rotatable bonds is 2. The fourth-order valence-corrected chi connectivity index (χ4v) is 2.42. The summed E-state index contributed by atoms with van der Waals surface area (Å²) >= 11 is 12.6. The van der Waals surface area contributed by atoms with Gasteiger partial charge in [-0.1, -0.05) is 43.5 Å². The van der Waals surface area contributed by atoms with E-state index in [4.69, 9.17) is 11.6 Å². The molecule has 1 N–H and O–H groups in total. The molecule has 0 saturated heterocycles. The third-order valence-corrected chi connectivity index (χ3v) is 3.44. The van der Waals surface area contributed by atoms with Crippen LogP contribution in [0.1, 0.15) is 10.4 Å². The molecule has 0 aliphatic carbocycles. The first-order valence-electron chi connectivity index (χ1n) is 4.94. The average molecular weight is 390 g/mol. The number of carbonyl (C=O) groups is 1. The van der Waals surface area contributed by atoms with Crippen molar-refractivity contribution in [2.45, 2.75) is 0 Å². The van der Waals surface area contributed by atoms with Crippen molar-refractivity contribution in [1.29, 1.82) is 0 Å². The highest BCUT2D eigenvalue weighted by Crippen LogP contribution is 2.22. The molecule has 0 fully saturated rings. The molecule has 0 radical (unpaired) electrons. The molecule has 92 valence electrons. The highest BCUT2D eigenvalue weighted by molar-refractivity contribution is 9.10. The van der Waals surface area contributed by atoms with Crippen LogP contribution in [0.5, 0.6) is 0 Å². The fraction of sp³-hybridized carbons (Fsp3) is 0. The van der Waals surface area contributed by atoms with Crippen LogP contribution in [0.15, 0.2) is 45.5 Å². The van der Waals surface area contributed by atoms with Gasteiger partial charge < -0.3 is 5.32 Å². The number of amides is 1. The lowest BCUT2D eigenvalue weighted by molar-refractivity contribution is 0.102. The molecule has 6 heteroatoms. The highest BCUT2D eigenvalue weighted by Gasteiger charge is 2.11. The average Bonchev–Trinajstić information content (AvgIpc) is 2.28. The lowest BCUT2D eigenvalue weighted by Gasteiger charge is -2.06. The van der Waals surface area contributed by atoms with Crippen LogP contribution in [0, 0.1) is 0 Å². The van der Waals surface area contributed by atoms with Crippen LogP contribution in [-0.2, 0) is 0 Å². The molecule has 1 heterocycles. The maximum absolute atomic E-state index is 12.0. The summed E-state index contributed by atoms with van der Waals surface area (Å²) < 4.78 is 1.67. The van der Waals surface area contributed by atoms with Crippen molar-refractivity contribution in [2.75, 3.05) is 5.32 Å². The summed E-state index contributed by atoms with van der Waals surface area (Å²) in [4.78, 5) is 16.0. The van der Waals surface area contributed by atoms with Crippen LogP contribution in [0.25, 0.3) is 0 Å². The van der Waals surface area contributed by atoms with E-state index < -0.39 is 0 Å². The Hall–Kier alpha value is -0.910. The molecule has 1 aromatic carbocycles. The van der Waals surface area contributed by atoms with E-state index in [2.05, 4.69) is 42.2 Å². The van der Waals surface area contributed by atoms with E-state index in [1.807, 2.05) is 0 Å². The Bertz CT molecular complexity index is 604. The smallest absolute Gasteiger partial charge is 0.258 e. The first kappa shape index (κ1) is 13.5. The molecule has 2 aromatic rings. The molecule has 1 aromatic heterocycles. The number of anilines is 1. The summed E-state index contributed by atoms with van der Waals surface area (Å²) in [6, 6.07) is 8.58. The van der Waals surface area contributed by atoms with Gasteiger partial charge in [0.15, 0.2) is 0 Å². The number of carbonyl (C=O) groups excluding carboxylic acids is 1. The molecule has 1 amide bonds. The molecular weight excluding hydrogens is 383 g/mol. The molecule has 0 saturated carbocycles. The van der Waals surface area contributed by atoms with Crippen molar-refractivity contribution in [1.82, 2.24) is 4.98 Å². The number of aromatic nitrogens is 1. The normalized spacial score (nSPS) is 10.2. The van der Waals surface area contributed by atoms with Crippen LogP contribution < -0.4 is 5.32 Å². The Morgan fingerprint density at radius 1 is 1.17 bits per heavy atom. The molecule has 0 aliphatic heterocycles. The number of hydrogen-bond acceptors (Lipinski definition) is 2. The van der Waals surface area contributed by atoms with E-state index in [1.54, 1.807) is 36.5 Å². The van der Waals surface area contributed by atoms with Crippen molar-refractivity contribution in [2.24, 2.45) is 0 Å². The lowest BCUT2D eigenvalue weighted by Crippen LogP contribution is -2.13. The zero-order valence-electron chi connectivity index (χ0n) is 8.95. The summed E-state index contributed by atoms with van der Waals surface area (Å²) in [7, 11) is 0. The number of nitrogens with zero attached hydrogens (tertiary/aromatic N) is 1. The van der Waals surface area contributed by atoms with E-state index >= 15 is 0 Å². The van der Waals surface area contributed by atoms with Crippen molar-refractivity contribution >= 4 is 55.2 Å². The number of halogens is 3. The van der Waals surface area contributed by atoms with Gasteiger partial charge >= 0.3 is 0 Å². The quantitative estimate of drug-likeness (QED) is 0.820. The van der Waals surface area contributed by atoms with E-state index in [0.717, 1.165) is 8.95 Å². The SMILES string of the molecule is O=C(Nc1cc(Br)ccn1)c1ccc(Br)cc1Cl. The Labute approximate surface area is 126 Å². The van der Waals surface area contributed by atoms with Crippen molar-refractivity contribution in [3.8, 4) is 0 Å². The summed E-state index contributed by atoms with van der Waals surface area (Å²) in [5.74, 6) is 0.173. The standard InChI is InChI=1S/C12H7Br2ClN2O/c13-7-1-2-9(10(15)5-7)12(18)17-11-6-8(14)3-4-16-11/h1-6H,(H,16,17,18). The molecule has 3 nitrogen and oxygen atoms in total. The second-order valence-corrected chi connectivity index (χ2v) is 5.68. The van der Waals surface area contributed by atoms with Gasteiger partial charge in [0, 0.05) is 15.1 Å². The molecule has 2 rings (SSSR count). The summed E-state index contributed by atoms with van der Waals surface area (Å²) in [6.07, 6.45) is 1.60. The minimum atomic E-state index is -0.293. The molecule has 0 aliphatic rings. The Kier molecular flexibility index (Phi) is 4.37. The monoisotopic (exact) mass is 388 g/mol. The second kappa shape index (κ2) is 5.82. The van der Waals surface area contributed by atoms with E-state index in [1.165, 1.54) is 0 Å². The third kappa shape index (κ3) is 3.31. The number of benzene rings is 1. The first-order chi connectivity index (χ1) is 8.56. The van der Waals surface area contributed by atoms with Gasteiger partial charge in [-0.05, 0) is 30.3 Å². The van der Waals surface area contributed by atoms with Gasteiger partial charge in [0.25, 0.3) is 5.91 Å². The van der Waals surface area contributed by atoms with Gasteiger partial charge in [0.2, 0.25) is 0 Å². The largest absolute Gasteiger partial charge is 0.306 e.